The molecule has 0 bridgehead atoms. The van der Waals surface area contributed by atoms with E-state index in [-0.39, 0.29) is 5.91 Å². The van der Waals surface area contributed by atoms with Crippen LogP contribution in [0.3, 0.4) is 0 Å². The van der Waals surface area contributed by atoms with Gasteiger partial charge in [0, 0.05) is 32.2 Å². The van der Waals surface area contributed by atoms with Crippen LogP contribution in [0.4, 0.5) is 0 Å². The molecule has 1 amide bonds. The lowest BCUT2D eigenvalue weighted by molar-refractivity contribution is -0.131. The maximum atomic E-state index is 13.1. The molecule has 1 fully saturated rings. The average molecular weight is 469 g/mol. The van der Waals surface area contributed by atoms with Crippen molar-refractivity contribution in [1.82, 2.24) is 9.80 Å². The van der Waals surface area contributed by atoms with E-state index in [4.69, 9.17) is 18.9 Å². The molecule has 4 rings (SSSR count). The van der Waals surface area contributed by atoms with Crippen molar-refractivity contribution in [1.29, 1.82) is 0 Å². The van der Waals surface area contributed by atoms with E-state index in [0.29, 0.717) is 24.7 Å². The molecule has 2 heterocycles. The van der Waals surface area contributed by atoms with Gasteiger partial charge < -0.3 is 23.8 Å². The number of amides is 1. The minimum absolute atomic E-state index is 0.199. The molecule has 0 radical (unpaired) electrons. The van der Waals surface area contributed by atoms with E-state index in [1.165, 1.54) is 5.56 Å². The molecule has 0 aromatic heterocycles. The highest BCUT2D eigenvalue weighted by atomic mass is 16.5. The number of carbonyl (C=O) groups is 1. The Morgan fingerprint density at radius 2 is 1.71 bits per heavy atom. The number of fused-ring (bicyclic) bond motifs is 1. The summed E-state index contributed by atoms with van der Waals surface area (Å²) in [5.41, 5.74) is 2.22. The number of rotatable bonds is 9. The van der Waals surface area contributed by atoms with Gasteiger partial charge in [0.05, 0.1) is 27.8 Å². The summed E-state index contributed by atoms with van der Waals surface area (Å²) in [5.74, 6) is 3.72. The Morgan fingerprint density at radius 1 is 0.941 bits per heavy atom. The highest BCUT2D eigenvalue weighted by Gasteiger charge is 2.27. The van der Waals surface area contributed by atoms with Crippen LogP contribution < -0.4 is 18.9 Å². The lowest BCUT2D eigenvalue weighted by Gasteiger charge is -2.35. The Morgan fingerprint density at radius 3 is 2.47 bits per heavy atom. The van der Waals surface area contributed by atoms with Crippen LogP contribution in [0.15, 0.2) is 36.4 Å². The lowest BCUT2D eigenvalue weighted by atomic mass is 9.97. The number of hydrogen-bond acceptors (Lipinski definition) is 6. The van der Waals surface area contributed by atoms with Crippen LogP contribution in [-0.4, -0.2) is 76.4 Å². The fourth-order valence-electron chi connectivity index (χ4n) is 5.01. The van der Waals surface area contributed by atoms with Crippen molar-refractivity contribution in [2.45, 2.75) is 25.7 Å². The zero-order valence-corrected chi connectivity index (χ0v) is 20.5. The van der Waals surface area contributed by atoms with Crippen molar-refractivity contribution in [3.8, 4) is 23.0 Å². The monoisotopic (exact) mass is 468 g/mol. The van der Waals surface area contributed by atoms with Gasteiger partial charge in [-0.1, -0.05) is 6.07 Å². The van der Waals surface area contributed by atoms with Crippen LogP contribution in [0.1, 0.15) is 24.0 Å². The Labute approximate surface area is 202 Å². The maximum absolute atomic E-state index is 13.1. The summed E-state index contributed by atoms with van der Waals surface area (Å²) in [4.78, 5) is 17.6. The standard InChI is InChI=1S/C27H36N2O5/c1-31-23-7-4-8-24(17-23)34-13-12-28-10-5-6-20(18-28)19-29-11-9-21-14-25(32-2)26(33-3)15-22(21)16-27(29)30/h4,7-8,14-15,17,20H,5-6,9-13,16,18-19H2,1-3H3/t20-/m0/s1. The van der Waals surface area contributed by atoms with Crippen molar-refractivity contribution in [3.63, 3.8) is 0 Å². The van der Waals surface area contributed by atoms with Crippen molar-refractivity contribution < 1.29 is 23.7 Å². The molecule has 0 saturated carbocycles. The second kappa shape index (κ2) is 11.5. The number of likely N-dealkylation sites (tertiary alicyclic amines) is 1. The molecule has 2 aromatic carbocycles. The van der Waals surface area contributed by atoms with Gasteiger partial charge in [-0.05, 0) is 67.1 Å². The third kappa shape index (κ3) is 5.95. The number of nitrogens with zero attached hydrogens (tertiary/aromatic N) is 2. The predicted molar refractivity (Wildman–Crippen MR) is 131 cm³/mol. The fraction of sp³-hybridized carbons (Fsp3) is 0.519. The van der Waals surface area contributed by atoms with Gasteiger partial charge in [-0.2, -0.15) is 0 Å². The zero-order chi connectivity index (χ0) is 23.9. The first-order valence-corrected chi connectivity index (χ1v) is 12.1. The molecule has 2 aliphatic heterocycles. The number of methoxy groups -OCH3 is 3. The van der Waals surface area contributed by atoms with Crippen molar-refractivity contribution in [3.05, 3.63) is 47.5 Å². The van der Waals surface area contributed by atoms with E-state index in [1.54, 1.807) is 21.3 Å². The topological polar surface area (TPSA) is 60.5 Å². The van der Waals surface area contributed by atoms with E-state index in [1.807, 2.05) is 36.4 Å². The second-order valence-electron chi connectivity index (χ2n) is 9.08. The number of piperidine rings is 1. The van der Waals surface area contributed by atoms with Crippen LogP contribution in [0.5, 0.6) is 23.0 Å². The maximum Gasteiger partial charge on any atom is 0.227 e. The molecule has 2 aromatic rings. The van der Waals surface area contributed by atoms with E-state index >= 15 is 0 Å². The summed E-state index contributed by atoms with van der Waals surface area (Å²) in [6.07, 6.45) is 3.57. The quantitative estimate of drug-likeness (QED) is 0.562. The van der Waals surface area contributed by atoms with Crippen LogP contribution >= 0.6 is 0 Å². The van der Waals surface area contributed by atoms with E-state index < -0.39 is 0 Å². The normalized spacial score (nSPS) is 18.7. The first kappa shape index (κ1) is 24.2. The molecule has 1 atom stereocenters. The zero-order valence-electron chi connectivity index (χ0n) is 20.5. The third-order valence-corrected chi connectivity index (χ3v) is 6.85. The van der Waals surface area contributed by atoms with Crippen LogP contribution in [-0.2, 0) is 17.6 Å². The van der Waals surface area contributed by atoms with E-state index in [9.17, 15) is 4.79 Å². The summed E-state index contributed by atoms with van der Waals surface area (Å²) in [5, 5.41) is 0. The summed E-state index contributed by atoms with van der Waals surface area (Å²) >= 11 is 0. The first-order valence-electron chi connectivity index (χ1n) is 12.1. The second-order valence-corrected chi connectivity index (χ2v) is 9.08. The number of benzene rings is 2. The van der Waals surface area contributed by atoms with Crippen molar-refractivity contribution in [2.75, 3.05) is 60.7 Å². The highest BCUT2D eigenvalue weighted by molar-refractivity contribution is 5.80. The van der Waals surface area contributed by atoms with Gasteiger partial charge in [-0.25, -0.2) is 0 Å². The fourth-order valence-corrected chi connectivity index (χ4v) is 5.01. The van der Waals surface area contributed by atoms with Gasteiger partial charge in [0.15, 0.2) is 11.5 Å². The molecule has 0 unspecified atom stereocenters. The Bertz CT molecular complexity index is 979. The molecule has 7 nitrogen and oxygen atoms in total. The average Bonchev–Trinajstić information content (AvgIpc) is 3.01. The summed E-state index contributed by atoms with van der Waals surface area (Å²) < 4.78 is 22.1. The Hall–Kier alpha value is -2.93. The molecule has 184 valence electrons. The first-order chi connectivity index (χ1) is 16.6. The van der Waals surface area contributed by atoms with Crippen LogP contribution in [0, 0.1) is 5.92 Å². The molecule has 34 heavy (non-hydrogen) atoms. The summed E-state index contributed by atoms with van der Waals surface area (Å²) in [6, 6.07) is 11.7. The number of hydrogen-bond donors (Lipinski definition) is 0. The van der Waals surface area contributed by atoms with Crippen LogP contribution in [0.25, 0.3) is 0 Å². The molecule has 0 N–H and O–H groups in total. The molecule has 0 aliphatic carbocycles. The number of carbonyl (C=O) groups excluding carboxylic acids is 1. The van der Waals surface area contributed by atoms with Gasteiger partial charge >= 0.3 is 0 Å². The molecule has 0 spiro atoms. The van der Waals surface area contributed by atoms with Gasteiger partial charge in [0.2, 0.25) is 5.91 Å². The van der Waals surface area contributed by atoms with Gasteiger partial charge in [-0.3, -0.25) is 9.69 Å². The minimum atomic E-state index is 0.199. The molecular formula is C27H36N2O5. The highest BCUT2D eigenvalue weighted by Crippen LogP contribution is 2.32. The molecule has 1 saturated heterocycles. The predicted octanol–water partition coefficient (Wildman–Crippen LogP) is 3.43. The van der Waals surface area contributed by atoms with E-state index in [2.05, 4.69) is 9.80 Å². The van der Waals surface area contributed by atoms with Gasteiger partial charge in [0.25, 0.3) is 0 Å². The molecule has 2 aliphatic rings. The van der Waals surface area contributed by atoms with Gasteiger partial charge in [0.1, 0.15) is 18.1 Å². The lowest BCUT2D eigenvalue weighted by Crippen LogP contribution is -2.44. The van der Waals surface area contributed by atoms with Crippen molar-refractivity contribution >= 4 is 5.91 Å². The number of ether oxygens (including phenoxy) is 4. The SMILES string of the molecule is COc1cccc(OCCN2CCC[C@H](CN3CCc4cc(OC)c(OC)cc4CC3=O)C2)c1. The third-order valence-electron chi connectivity index (χ3n) is 6.85. The van der Waals surface area contributed by atoms with Crippen molar-refractivity contribution in [2.24, 2.45) is 5.92 Å². The Kier molecular flexibility index (Phi) is 8.16. The van der Waals surface area contributed by atoms with Crippen LogP contribution in [0.2, 0.25) is 0 Å². The molecule has 7 heteroatoms. The summed E-state index contributed by atoms with van der Waals surface area (Å²) in [7, 11) is 4.94. The Balaban J connectivity index is 1.29. The minimum Gasteiger partial charge on any atom is -0.497 e. The smallest absolute Gasteiger partial charge is 0.227 e. The largest absolute Gasteiger partial charge is 0.497 e. The summed E-state index contributed by atoms with van der Waals surface area (Å²) in [6.45, 7) is 5.16. The molecular weight excluding hydrogens is 432 g/mol. The van der Waals surface area contributed by atoms with Gasteiger partial charge in [-0.15, -0.1) is 0 Å². The van der Waals surface area contributed by atoms with E-state index in [0.717, 1.165) is 74.8 Å².